The minimum absolute atomic E-state index is 0.186. The molecule has 1 aliphatic rings. The zero-order valence-corrected chi connectivity index (χ0v) is 9.90. The van der Waals surface area contributed by atoms with Gasteiger partial charge < -0.3 is 5.11 Å². The summed E-state index contributed by atoms with van der Waals surface area (Å²) in [7, 11) is 0. The Hall–Kier alpha value is -0.0600. The summed E-state index contributed by atoms with van der Waals surface area (Å²) in [5, 5.41) is 13.0. The first-order valence-electron chi connectivity index (χ1n) is 4.99. The Bertz CT molecular complexity index is 294. The molecule has 1 fully saturated rings. The summed E-state index contributed by atoms with van der Waals surface area (Å²) < 4.78 is 0. The first-order chi connectivity index (χ1) is 6.81. The Morgan fingerprint density at radius 2 is 2.57 bits per heavy atom. The van der Waals surface area contributed by atoms with E-state index in [1.54, 1.807) is 11.3 Å². The number of hydrogen-bond acceptors (Lipinski definition) is 4. The van der Waals surface area contributed by atoms with E-state index in [1.807, 2.05) is 18.7 Å². The van der Waals surface area contributed by atoms with Crippen molar-refractivity contribution in [1.29, 1.82) is 0 Å². The lowest BCUT2D eigenvalue weighted by atomic mass is 10.1. The molecule has 0 aliphatic carbocycles. The van der Waals surface area contributed by atoms with Crippen LogP contribution in [0.4, 0.5) is 0 Å². The first-order valence-corrected chi connectivity index (χ1v) is 6.92. The zero-order valence-electron chi connectivity index (χ0n) is 8.27. The number of thioether (sulfide) groups is 1. The van der Waals surface area contributed by atoms with E-state index in [9.17, 15) is 0 Å². The first kappa shape index (κ1) is 10.5. The Balaban J connectivity index is 2.08. The van der Waals surface area contributed by atoms with Gasteiger partial charge in [-0.1, -0.05) is 6.92 Å². The van der Waals surface area contributed by atoms with Crippen molar-refractivity contribution in [3.05, 3.63) is 16.1 Å². The number of nitrogens with zero attached hydrogens (tertiary/aromatic N) is 1. The molecule has 1 aromatic heterocycles. The highest BCUT2D eigenvalue weighted by Gasteiger charge is 2.21. The van der Waals surface area contributed by atoms with Gasteiger partial charge in [0.2, 0.25) is 0 Å². The zero-order chi connectivity index (χ0) is 9.97. The average molecular weight is 229 g/mol. The predicted molar refractivity (Wildman–Crippen MR) is 62.0 cm³/mol. The van der Waals surface area contributed by atoms with Crippen LogP contribution in [0.25, 0.3) is 0 Å². The number of thiazole rings is 1. The van der Waals surface area contributed by atoms with E-state index in [0.717, 1.165) is 5.69 Å². The highest BCUT2D eigenvalue weighted by molar-refractivity contribution is 7.99. The summed E-state index contributed by atoms with van der Waals surface area (Å²) in [6, 6.07) is 0. The molecule has 1 aliphatic heterocycles. The maximum atomic E-state index is 9.02. The predicted octanol–water partition coefficient (Wildman–Crippen LogP) is 2.81. The highest BCUT2D eigenvalue weighted by atomic mass is 32.2. The second-order valence-corrected chi connectivity index (χ2v) is 5.90. The fourth-order valence-electron chi connectivity index (χ4n) is 1.54. The molecule has 0 bridgehead atoms. The van der Waals surface area contributed by atoms with Crippen molar-refractivity contribution in [3.63, 3.8) is 0 Å². The lowest BCUT2D eigenvalue weighted by molar-refractivity contribution is 0.271. The third kappa shape index (κ3) is 2.12. The Morgan fingerprint density at radius 1 is 1.71 bits per heavy atom. The molecule has 2 atom stereocenters. The number of aliphatic hydroxyl groups is 1. The van der Waals surface area contributed by atoms with Gasteiger partial charge >= 0.3 is 0 Å². The maximum Gasteiger partial charge on any atom is 0.106 e. The molecule has 2 unspecified atom stereocenters. The monoisotopic (exact) mass is 229 g/mol. The Morgan fingerprint density at radius 3 is 3.21 bits per heavy atom. The number of aliphatic hydroxyl groups excluding tert-OH is 1. The fraction of sp³-hybridized carbons (Fsp3) is 0.700. The number of rotatable bonds is 3. The second-order valence-electron chi connectivity index (χ2n) is 3.70. The van der Waals surface area contributed by atoms with E-state index in [1.165, 1.54) is 23.6 Å². The summed E-state index contributed by atoms with van der Waals surface area (Å²) in [4.78, 5) is 4.60. The van der Waals surface area contributed by atoms with Crippen LogP contribution in [0.3, 0.4) is 0 Å². The summed E-state index contributed by atoms with van der Waals surface area (Å²) in [5.74, 6) is 1.46. The van der Waals surface area contributed by atoms with Crippen LogP contribution in [0.2, 0.25) is 0 Å². The molecule has 1 aromatic rings. The van der Waals surface area contributed by atoms with Crippen molar-refractivity contribution in [3.8, 4) is 0 Å². The van der Waals surface area contributed by atoms with Crippen molar-refractivity contribution in [1.82, 2.24) is 4.98 Å². The normalized spacial score (nSPS) is 24.0. The van der Waals surface area contributed by atoms with E-state index in [-0.39, 0.29) is 12.5 Å². The molecule has 4 heteroatoms. The van der Waals surface area contributed by atoms with Crippen molar-refractivity contribution < 1.29 is 5.11 Å². The highest BCUT2D eigenvalue weighted by Crippen LogP contribution is 2.41. The molecule has 14 heavy (non-hydrogen) atoms. The molecule has 2 heterocycles. The molecule has 0 aromatic carbocycles. The van der Waals surface area contributed by atoms with Crippen molar-refractivity contribution in [2.75, 3.05) is 12.4 Å². The van der Waals surface area contributed by atoms with Crippen LogP contribution < -0.4 is 0 Å². The van der Waals surface area contributed by atoms with Gasteiger partial charge in [0.15, 0.2) is 0 Å². The molecule has 2 nitrogen and oxygen atoms in total. The van der Waals surface area contributed by atoms with Crippen LogP contribution in [0.5, 0.6) is 0 Å². The molecule has 0 saturated carbocycles. The molecular weight excluding hydrogens is 214 g/mol. The quantitative estimate of drug-likeness (QED) is 0.865. The SMILES string of the molecule is CC(CO)c1csc(C2CCCS2)n1. The van der Waals surface area contributed by atoms with Gasteiger partial charge in [0.25, 0.3) is 0 Å². The van der Waals surface area contributed by atoms with E-state index < -0.39 is 0 Å². The smallest absolute Gasteiger partial charge is 0.106 e. The van der Waals surface area contributed by atoms with Crippen LogP contribution in [0.15, 0.2) is 5.38 Å². The summed E-state index contributed by atoms with van der Waals surface area (Å²) in [6.45, 7) is 2.21. The molecule has 1 N–H and O–H groups in total. The van der Waals surface area contributed by atoms with Crippen molar-refractivity contribution >= 4 is 23.1 Å². The minimum Gasteiger partial charge on any atom is -0.396 e. The van der Waals surface area contributed by atoms with Crippen LogP contribution >= 0.6 is 23.1 Å². The molecule has 0 amide bonds. The van der Waals surface area contributed by atoms with Gasteiger partial charge in [-0.2, -0.15) is 11.8 Å². The second kappa shape index (κ2) is 4.64. The fourth-order valence-corrected chi connectivity index (χ4v) is 4.01. The number of hydrogen-bond donors (Lipinski definition) is 1. The lowest BCUT2D eigenvalue weighted by Gasteiger charge is -2.04. The van der Waals surface area contributed by atoms with Gasteiger partial charge in [0.1, 0.15) is 5.01 Å². The Labute approximate surface area is 92.8 Å². The van der Waals surface area contributed by atoms with Crippen LogP contribution in [-0.4, -0.2) is 22.5 Å². The van der Waals surface area contributed by atoms with Crippen molar-refractivity contribution in [2.24, 2.45) is 0 Å². The minimum atomic E-state index is 0.186. The van der Waals surface area contributed by atoms with Gasteiger partial charge in [-0.05, 0) is 18.6 Å². The largest absolute Gasteiger partial charge is 0.396 e. The topological polar surface area (TPSA) is 33.1 Å². The maximum absolute atomic E-state index is 9.02. The molecule has 1 saturated heterocycles. The van der Waals surface area contributed by atoms with Crippen molar-refractivity contribution in [2.45, 2.75) is 30.9 Å². The summed E-state index contributed by atoms with van der Waals surface area (Å²) in [6.07, 6.45) is 2.59. The standard InChI is InChI=1S/C10H15NOS2/c1-7(5-12)8-6-14-10(11-8)9-3-2-4-13-9/h6-7,9,12H,2-5H2,1H3. The van der Waals surface area contributed by atoms with Crippen LogP contribution in [0, 0.1) is 0 Å². The average Bonchev–Trinajstić information content (AvgIpc) is 2.86. The third-order valence-electron chi connectivity index (χ3n) is 2.52. The Kier molecular flexibility index (Phi) is 3.47. The van der Waals surface area contributed by atoms with Gasteiger partial charge in [-0.25, -0.2) is 4.98 Å². The molecule has 0 spiro atoms. The van der Waals surface area contributed by atoms with Crippen LogP contribution in [0.1, 0.15) is 41.6 Å². The lowest BCUT2D eigenvalue weighted by Crippen LogP contribution is -1.99. The van der Waals surface area contributed by atoms with Crippen LogP contribution in [-0.2, 0) is 0 Å². The number of aromatic nitrogens is 1. The van der Waals surface area contributed by atoms with E-state index in [0.29, 0.717) is 5.25 Å². The van der Waals surface area contributed by atoms with Gasteiger partial charge in [-0.3, -0.25) is 0 Å². The molecule has 0 radical (unpaired) electrons. The van der Waals surface area contributed by atoms with Gasteiger partial charge in [0, 0.05) is 11.3 Å². The molecular formula is C10H15NOS2. The molecule has 2 rings (SSSR count). The molecule has 78 valence electrons. The van der Waals surface area contributed by atoms with Gasteiger partial charge in [0.05, 0.1) is 17.6 Å². The van der Waals surface area contributed by atoms with E-state index >= 15 is 0 Å². The van der Waals surface area contributed by atoms with E-state index in [2.05, 4.69) is 10.4 Å². The van der Waals surface area contributed by atoms with E-state index in [4.69, 9.17) is 5.11 Å². The third-order valence-corrected chi connectivity index (χ3v) is 5.04. The van der Waals surface area contributed by atoms with Gasteiger partial charge in [-0.15, -0.1) is 11.3 Å². The summed E-state index contributed by atoms with van der Waals surface area (Å²) >= 11 is 3.76. The summed E-state index contributed by atoms with van der Waals surface area (Å²) in [5.41, 5.74) is 1.06.